The molecule has 1 heterocycles. The third-order valence-corrected chi connectivity index (χ3v) is 5.03. The molecule has 2 aromatic rings. The second kappa shape index (κ2) is 8.82. The summed E-state index contributed by atoms with van der Waals surface area (Å²) in [5, 5.41) is 0. The molecule has 0 unspecified atom stereocenters. The minimum Gasteiger partial charge on any atom is -0.297 e. The molecule has 130 valence electrons. The van der Waals surface area contributed by atoms with Gasteiger partial charge >= 0.3 is 0 Å². The van der Waals surface area contributed by atoms with Crippen LogP contribution in [-0.2, 0) is 13.0 Å². The van der Waals surface area contributed by atoms with E-state index in [0.717, 1.165) is 45.7 Å². The van der Waals surface area contributed by atoms with Gasteiger partial charge in [0, 0.05) is 44.8 Å². The van der Waals surface area contributed by atoms with E-state index in [4.69, 9.17) is 0 Å². The van der Waals surface area contributed by atoms with Gasteiger partial charge in [0.05, 0.1) is 0 Å². The van der Waals surface area contributed by atoms with Crippen LogP contribution in [0.1, 0.15) is 23.6 Å². The zero-order valence-electron chi connectivity index (χ0n) is 15.2. The maximum Gasteiger partial charge on any atom is 0.0314 e. The highest BCUT2D eigenvalue weighted by atomic mass is 15.3. The molecular weight excluding hydrogens is 304 g/mol. The summed E-state index contributed by atoms with van der Waals surface area (Å²) in [7, 11) is 0. The van der Waals surface area contributed by atoms with Gasteiger partial charge in [0.15, 0.2) is 0 Å². The van der Waals surface area contributed by atoms with Crippen LogP contribution in [0, 0.1) is 0 Å². The highest BCUT2D eigenvalue weighted by Crippen LogP contribution is 2.21. The van der Waals surface area contributed by atoms with Crippen molar-refractivity contribution in [1.29, 1.82) is 0 Å². The van der Waals surface area contributed by atoms with Gasteiger partial charge in [-0.05, 0) is 23.1 Å². The Balaban J connectivity index is 1.57. The average Bonchev–Trinajstić information content (AvgIpc) is 2.68. The predicted molar refractivity (Wildman–Crippen MR) is 107 cm³/mol. The first-order valence-electron chi connectivity index (χ1n) is 9.26. The molecular formula is C23H28N2. The number of piperazine rings is 1. The van der Waals surface area contributed by atoms with Crippen LogP contribution in [0.2, 0.25) is 0 Å². The van der Waals surface area contributed by atoms with Crippen LogP contribution in [0.25, 0.3) is 5.57 Å². The van der Waals surface area contributed by atoms with E-state index < -0.39 is 0 Å². The van der Waals surface area contributed by atoms with E-state index in [9.17, 15) is 0 Å². The van der Waals surface area contributed by atoms with E-state index in [1.165, 1.54) is 22.3 Å². The smallest absolute Gasteiger partial charge is 0.0314 e. The quantitative estimate of drug-likeness (QED) is 0.730. The Hall–Kier alpha value is -2.12. The first kappa shape index (κ1) is 17.7. The van der Waals surface area contributed by atoms with Crippen molar-refractivity contribution in [2.24, 2.45) is 0 Å². The molecule has 2 aromatic carbocycles. The van der Waals surface area contributed by atoms with Crippen molar-refractivity contribution in [3.05, 3.63) is 83.6 Å². The molecule has 1 fully saturated rings. The van der Waals surface area contributed by atoms with E-state index >= 15 is 0 Å². The summed E-state index contributed by atoms with van der Waals surface area (Å²) in [4.78, 5) is 5.07. The molecule has 0 saturated carbocycles. The minimum atomic E-state index is 0.944. The SMILES string of the molecule is C=C=C(CN1CCN(Cc2ccccc2)CC1)c1ccccc1CC. The van der Waals surface area contributed by atoms with Gasteiger partial charge < -0.3 is 0 Å². The fourth-order valence-corrected chi connectivity index (χ4v) is 3.53. The lowest BCUT2D eigenvalue weighted by Crippen LogP contribution is -2.46. The topological polar surface area (TPSA) is 6.48 Å². The Morgan fingerprint density at radius 3 is 2.24 bits per heavy atom. The van der Waals surface area contributed by atoms with Crippen LogP contribution in [0.5, 0.6) is 0 Å². The van der Waals surface area contributed by atoms with Crippen LogP contribution in [0.4, 0.5) is 0 Å². The Bertz CT molecular complexity index is 721. The standard InChI is InChI=1S/C23H28N2/c1-3-21-12-8-9-13-23(21)22(4-2)19-25-16-14-24(15-17-25)18-20-10-6-5-7-11-20/h5-13H,2-3,14-19H2,1H3. The lowest BCUT2D eigenvalue weighted by molar-refractivity contribution is 0.138. The highest BCUT2D eigenvalue weighted by Gasteiger charge is 2.18. The number of nitrogens with zero attached hydrogens (tertiary/aromatic N) is 2. The summed E-state index contributed by atoms with van der Waals surface area (Å²) >= 11 is 0. The van der Waals surface area contributed by atoms with Gasteiger partial charge in [0.25, 0.3) is 0 Å². The molecule has 0 radical (unpaired) electrons. The van der Waals surface area contributed by atoms with Crippen LogP contribution in [0.15, 0.2) is 66.9 Å². The fraction of sp³-hybridized carbons (Fsp3) is 0.348. The molecule has 2 nitrogen and oxygen atoms in total. The van der Waals surface area contributed by atoms with Crippen LogP contribution in [0.3, 0.4) is 0 Å². The summed E-state index contributed by atoms with van der Waals surface area (Å²) in [6, 6.07) is 19.4. The third kappa shape index (κ3) is 4.70. The molecule has 25 heavy (non-hydrogen) atoms. The summed E-state index contributed by atoms with van der Waals surface area (Å²) in [6.45, 7) is 12.6. The van der Waals surface area contributed by atoms with Gasteiger partial charge in [0.2, 0.25) is 0 Å². The van der Waals surface area contributed by atoms with Crippen molar-refractivity contribution < 1.29 is 0 Å². The molecule has 0 spiro atoms. The van der Waals surface area contributed by atoms with E-state index in [0.29, 0.717) is 0 Å². The highest BCUT2D eigenvalue weighted by molar-refractivity contribution is 5.68. The van der Waals surface area contributed by atoms with Crippen molar-refractivity contribution in [2.45, 2.75) is 19.9 Å². The van der Waals surface area contributed by atoms with E-state index in [-0.39, 0.29) is 0 Å². The molecule has 3 rings (SSSR count). The lowest BCUT2D eigenvalue weighted by atomic mass is 9.98. The van der Waals surface area contributed by atoms with Gasteiger partial charge in [-0.15, -0.1) is 5.73 Å². The number of hydrogen-bond acceptors (Lipinski definition) is 2. The first-order chi connectivity index (χ1) is 12.3. The van der Waals surface area contributed by atoms with Crippen molar-refractivity contribution in [3.63, 3.8) is 0 Å². The fourth-order valence-electron chi connectivity index (χ4n) is 3.53. The molecule has 0 N–H and O–H groups in total. The first-order valence-corrected chi connectivity index (χ1v) is 9.26. The molecule has 0 amide bonds. The second-order valence-electron chi connectivity index (χ2n) is 6.70. The number of hydrogen-bond donors (Lipinski definition) is 0. The molecule has 0 aromatic heterocycles. The Kier molecular flexibility index (Phi) is 6.25. The van der Waals surface area contributed by atoms with Crippen LogP contribution in [-0.4, -0.2) is 42.5 Å². The Labute approximate surface area is 152 Å². The number of aryl methyl sites for hydroxylation is 1. The largest absolute Gasteiger partial charge is 0.297 e. The van der Waals surface area contributed by atoms with E-state index in [1.807, 2.05) is 0 Å². The molecule has 0 aliphatic carbocycles. The van der Waals surface area contributed by atoms with Gasteiger partial charge in [-0.25, -0.2) is 0 Å². The van der Waals surface area contributed by atoms with Gasteiger partial charge in [-0.3, -0.25) is 9.80 Å². The third-order valence-electron chi connectivity index (χ3n) is 5.03. The minimum absolute atomic E-state index is 0.944. The van der Waals surface area contributed by atoms with Crippen molar-refractivity contribution in [3.8, 4) is 0 Å². The van der Waals surface area contributed by atoms with Crippen molar-refractivity contribution in [1.82, 2.24) is 9.80 Å². The molecule has 0 atom stereocenters. The lowest BCUT2D eigenvalue weighted by Gasteiger charge is -2.35. The Morgan fingerprint density at radius 1 is 0.920 bits per heavy atom. The zero-order valence-corrected chi connectivity index (χ0v) is 15.2. The van der Waals surface area contributed by atoms with E-state index in [1.54, 1.807) is 0 Å². The molecule has 2 heteroatoms. The number of rotatable bonds is 6. The maximum absolute atomic E-state index is 3.95. The van der Waals surface area contributed by atoms with Crippen molar-refractivity contribution in [2.75, 3.05) is 32.7 Å². The normalized spacial score (nSPS) is 15.7. The summed E-state index contributed by atoms with van der Waals surface area (Å²) < 4.78 is 0. The predicted octanol–water partition coefficient (Wildman–Crippen LogP) is 4.24. The monoisotopic (exact) mass is 332 g/mol. The zero-order chi connectivity index (χ0) is 17.5. The van der Waals surface area contributed by atoms with Gasteiger partial charge in [0.1, 0.15) is 0 Å². The summed E-state index contributed by atoms with van der Waals surface area (Å²) in [6.07, 6.45) is 1.05. The van der Waals surface area contributed by atoms with Crippen LogP contribution >= 0.6 is 0 Å². The maximum atomic E-state index is 3.95. The van der Waals surface area contributed by atoms with Crippen LogP contribution < -0.4 is 0 Å². The second-order valence-corrected chi connectivity index (χ2v) is 6.70. The van der Waals surface area contributed by atoms with Gasteiger partial charge in [-0.1, -0.05) is 68.1 Å². The average molecular weight is 332 g/mol. The molecule has 1 saturated heterocycles. The molecule has 0 bridgehead atoms. The number of benzene rings is 2. The van der Waals surface area contributed by atoms with Gasteiger partial charge in [-0.2, -0.15) is 0 Å². The Morgan fingerprint density at radius 2 is 1.56 bits per heavy atom. The molecule has 1 aliphatic rings. The summed E-state index contributed by atoms with van der Waals surface area (Å²) in [5.74, 6) is 0. The van der Waals surface area contributed by atoms with E-state index in [2.05, 4.69) is 83.6 Å². The summed E-state index contributed by atoms with van der Waals surface area (Å²) in [5.41, 5.74) is 8.53. The van der Waals surface area contributed by atoms with Crippen molar-refractivity contribution >= 4 is 5.57 Å². The molecule has 1 aliphatic heterocycles.